The van der Waals surface area contributed by atoms with Crippen LogP contribution in [0.15, 0.2) is 205 Å². The lowest BCUT2D eigenvalue weighted by Crippen LogP contribution is -2.08. The fraction of sp³-hybridized carbons (Fsp3) is 0. The van der Waals surface area contributed by atoms with Gasteiger partial charge in [-0.05, 0) is 101 Å². The van der Waals surface area contributed by atoms with E-state index in [1.165, 1.54) is 22.7 Å². The highest BCUT2D eigenvalue weighted by atomic mass is 32.1. The molecule has 7 aromatic carbocycles. The summed E-state index contributed by atoms with van der Waals surface area (Å²) in [7, 11) is 0. The molecule has 0 amide bonds. The van der Waals surface area contributed by atoms with Gasteiger partial charge in [-0.1, -0.05) is 121 Å². The first-order valence-corrected chi connectivity index (χ1v) is 22.4. The molecule has 6 nitrogen and oxygen atoms in total. The molecule has 0 saturated carbocycles. The molecule has 11 rings (SSSR count). The van der Waals surface area contributed by atoms with Gasteiger partial charge in [-0.2, -0.15) is 0 Å². The Morgan fingerprint density at radius 3 is 1.31 bits per heavy atom. The maximum Gasteiger partial charge on any atom is 0.197 e. The molecule has 9 aromatic rings. The number of carbonyl (C=O) groups is 4. The minimum Gasteiger partial charge on any atom is -0.302 e. The Hall–Kier alpha value is -8.04. The van der Waals surface area contributed by atoms with Gasteiger partial charge in [0.1, 0.15) is 10.0 Å². The predicted octanol–water partition coefficient (Wildman–Crippen LogP) is 14.5. The van der Waals surface area contributed by atoms with Gasteiger partial charge in [-0.15, -0.1) is 22.7 Å². The summed E-state index contributed by atoms with van der Waals surface area (Å²) in [6.07, 6.45) is 3.44. The van der Waals surface area contributed by atoms with E-state index in [1.807, 2.05) is 60.7 Å². The second-order valence-electron chi connectivity index (χ2n) is 15.5. The van der Waals surface area contributed by atoms with Crippen LogP contribution in [0.25, 0.3) is 34.1 Å². The molecule has 0 aliphatic heterocycles. The number of anilines is 6. The molecule has 0 unspecified atom stereocenters. The number of para-hydroxylation sites is 2. The summed E-state index contributed by atoms with van der Waals surface area (Å²) in [6, 6.07) is 63.7. The van der Waals surface area contributed by atoms with Crippen LogP contribution in [-0.4, -0.2) is 23.1 Å². The molecule has 0 atom stereocenters. The van der Waals surface area contributed by atoms with Crippen molar-refractivity contribution in [1.82, 2.24) is 0 Å². The zero-order valence-electron chi connectivity index (χ0n) is 34.0. The van der Waals surface area contributed by atoms with Crippen molar-refractivity contribution in [2.24, 2.45) is 0 Å². The smallest absolute Gasteiger partial charge is 0.197 e. The standard InChI is InChI=1S/C56H34N2O4S2/c59-53-44-17-7-8-18-45(44)54(60)48(53)33-41-27-30-51(63-41)57(38-13-3-1-4-14-38)40-25-22-35(23-26-40)36-24-29-43-37(32-36)12-11-21-50(43)58(39-15-5-2-6-16-39)52-31-28-42(64-52)34-49-55(61)46-19-9-10-20-47(46)56(49)62/h1-34H. The SMILES string of the molecule is O=C1C(=Cc2ccc(N(c3ccccc3)c3ccc(-c4ccc5c(N(c6ccccc6)c6ccc(C=C7C(=O)c8ccccc8C7=O)s6)cccc5c4)cc3)s2)C(=O)c2ccccc21. The third-order valence-corrected chi connectivity index (χ3v) is 13.7. The first-order chi connectivity index (χ1) is 31.4. The Morgan fingerprint density at radius 2 is 0.797 bits per heavy atom. The van der Waals surface area contributed by atoms with Crippen LogP contribution in [0.4, 0.5) is 32.8 Å². The fourth-order valence-corrected chi connectivity index (χ4v) is 10.5. The average Bonchev–Trinajstić information content (AvgIpc) is 4.11. The zero-order chi connectivity index (χ0) is 43.3. The van der Waals surface area contributed by atoms with Crippen LogP contribution in [0.3, 0.4) is 0 Å². The maximum atomic E-state index is 13.2. The van der Waals surface area contributed by atoms with E-state index in [0.29, 0.717) is 22.3 Å². The predicted molar refractivity (Wildman–Crippen MR) is 261 cm³/mol. The van der Waals surface area contributed by atoms with Gasteiger partial charge in [-0.3, -0.25) is 19.2 Å². The van der Waals surface area contributed by atoms with Gasteiger partial charge in [-0.25, -0.2) is 0 Å². The van der Waals surface area contributed by atoms with Crippen molar-refractivity contribution in [3.63, 3.8) is 0 Å². The Kier molecular flexibility index (Phi) is 9.72. The lowest BCUT2D eigenvalue weighted by Gasteiger charge is -2.25. The van der Waals surface area contributed by atoms with E-state index in [9.17, 15) is 19.2 Å². The summed E-state index contributed by atoms with van der Waals surface area (Å²) < 4.78 is 0. The van der Waals surface area contributed by atoms with E-state index < -0.39 is 0 Å². The van der Waals surface area contributed by atoms with Gasteiger partial charge >= 0.3 is 0 Å². The Balaban J connectivity index is 0.902. The number of allylic oxidation sites excluding steroid dienone is 2. The normalized spacial score (nSPS) is 13.1. The van der Waals surface area contributed by atoms with Crippen molar-refractivity contribution in [3.8, 4) is 11.1 Å². The number of fused-ring (bicyclic) bond motifs is 3. The Bertz CT molecular complexity index is 3340. The number of nitrogens with zero attached hydrogens (tertiary/aromatic N) is 2. The molecule has 0 N–H and O–H groups in total. The van der Waals surface area contributed by atoms with Gasteiger partial charge < -0.3 is 9.80 Å². The van der Waals surface area contributed by atoms with E-state index in [2.05, 4.69) is 94.7 Å². The minimum absolute atomic E-state index is 0.191. The number of hydrogen-bond acceptors (Lipinski definition) is 8. The average molecular weight is 863 g/mol. The molecule has 64 heavy (non-hydrogen) atoms. The van der Waals surface area contributed by atoms with Crippen molar-refractivity contribution >= 4 is 101 Å². The highest BCUT2D eigenvalue weighted by Gasteiger charge is 2.34. The molecule has 0 fully saturated rings. The summed E-state index contributed by atoms with van der Waals surface area (Å²) >= 11 is 3.05. The number of Topliss-reactive ketones (excluding diaryl/α,β-unsaturated/α-hetero) is 4. The van der Waals surface area contributed by atoms with Gasteiger partial charge in [0.15, 0.2) is 23.1 Å². The van der Waals surface area contributed by atoms with Crippen LogP contribution in [0.5, 0.6) is 0 Å². The second kappa shape index (κ2) is 16.0. The van der Waals surface area contributed by atoms with E-state index in [-0.39, 0.29) is 34.3 Å². The summed E-state index contributed by atoms with van der Waals surface area (Å²) in [5.74, 6) is -0.947. The molecule has 0 bridgehead atoms. The Morgan fingerprint density at radius 1 is 0.359 bits per heavy atom. The quantitative estimate of drug-likeness (QED) is 0.106. The summed E-state index contributed by atoms with van der Waals surface area (Å²) in [5, 5.41) is 4.04. The number of ketones is 4. The molecule has 8 heteroatoms. The highest BCUT2D eigenvalue weighted by molar-refractivity contribution is 7.17. The van der Waals surface area contributed by atoms with Crippen LogP contribution < -0.4 is 9.80 Å². The molecular formula is C56H34N2O4S2. The highest BCUT2D eigenvalue weighted by Crippen LogP contribution is 2.44. The second-order valence-corrected chi connectivity index (χ2v) is 17.7. The van der Waals surface area contributed by atoms with Gasteiger partial charge in [0, 0.05) is 54.5 Å². The third-order valence-electron chi connectivity index (χ3n) is 11.6. The first-order valence-electron chi connectivity index (χ1n) is 20.7. The fourth-order valence-electron chi connectivity index (χ4n) is 8.56. The van der Waals surface area contributed by atoms with Crippen molar-refractivity contribution in [2.45, 2.75) is 0 Å². The summed E-state index contributed by atoms with van der Waals surface area (Å²) in [4.78, 5) is 58.8. The zero-order valence-corrected chi connectivity index (χ0v) is 35.6. The van der Waals surface area contributed by atoms with Crippen molar-refractivity contribution < 1.29 is 19.2 Å². The number of thiophene rings is 2. The number of rotatable bonds is 9. The van der Waals surface area contributed by atoms with Crippen LogP contribution in [-0.2, 0) is 0 Å². The van der Waals surface area contributed by atoms with Crippen LogP contribution in [0.2, 0.25) is 0 Å². The van der Waals surface area contributed by atoms with Crippen molar-refractivity contribution in [1.29, 1.82) is 0 Å². The van der Waals surface area contributed by atoms with Gasteiger partial charge in [0.2, 0.25) is 0 Å². The molecule has 2 aliphatic rings. The summed E-state index contributed by atoms with van der Waals surface area (Å²) in [5.41, 5.74) is 8.27. The molecule has 2 aromatic heterocycles. The molecule has 2 heterocycles. The molecule has 0 spiro atoms. The van der Waals surface area contributed by atoms with E-state index in [0.717, 1.165) is 64.4 Å². The number of carbonyl (C=O) groups excluding carboxylic acids is 4. The van der Waals surface area contributed by atoms with Crippen LogP contribution >= 0.6 is 22.7 Å². The van der Waals surface area contributed by atoms with E-state index >= 15 is 0 Å². The van der Waals surface area contributed by atoms with Crippen molar-refractivity contribution in [3.05, 3.63) is 237 Å². The van der Waals surface area contributed by atoms with Crippen molar-refractivity contribution in [2.75, 3.05) is 9.80 Å². The van der Waals surface area contributed by atoms with Crippen LogP contribution in [0.1, 0.15) is 51.2 Å². The van der Waals surface area contributed by atoms with E-state index in [4.69, 9.17) is 0 Å². The van der Waals surface area contributed by atoms with Gasteiger partial charge in [0.25, 0.3) is 0 Å². The topological polar surface area (TPSA) is 74.8 Å². The molecule has 0 radical (unpaired) electrons. The maximum absolute atomic E-state index is 13.2. The molecule has 0 saturated heterocycles. The first kappa shape index (κ1) is 38.9. The third kappa shape index (κ3) is 6.82. The Labute approximate surface area is 376 Å². The minimum atomic E-state index is -0.237. The molecular weight excluding hydrogens is 829 g/mol. The van der Waals surface area contributed by atoms with Crippen LogP contribution in [0, 0.1) is 0 Å². The number of benzene rings is 7. The largest absolute Gasteiger partial charge is 0.302 e. The molecule has 2 aliphatic carbocycles. The lowest BCUT2D eigenvalue weighted by molar-refractivity contribution is 0.0975. The van der Waals surface area contributed by atoms with E-state index in [1.54, 1.807) is 60.7 Å². The monoisotopic (exact) mass is 862 g/mol. The molecule has 304 valence electrons. The van der Waals surface area contributed by atoms with Gasteiger partial charge in [0.05, 0.1) is 16.8 Å². The number of hydrogen-bond donors (Lipinski definition) is 0. The summed E-state index contributed by atoms with van der Waals surface area (Å²) in [6.45, 7) is 0. The lowest BCUT2D eigenvalue weighted by atomic mass is 9.99.